The van der Waals surface area contributed by atoms with E-state index in [1.807, 2.05) is 26.0 Å². The lowest BCUT2D eigenvalue weighted by Crippen LogP contribution is -2.06. The molecule has 0 bridgehead atoms. The smallest absolute Gasteiger partial charge is 0.169 e. The molecule has 24 heavy (non-hydrogen) atoms. The number of pyridine rings is 1. The fourth-order valence-electron chi connectivity index (χ4n) is 2.52. The Bertz CT molecular complexity index is 895. The van der Waals surface area contributed by atoms with E-state index in [9.17, 15) is 4.79 Å². The van der Waals surface area contributed by atoms with Crippen LogP contribution in [0.1, 0.15) is 53.0 Å². The molecule has 1 aliphatic rings. The third kappa shape index (κ3) is 2.91. The molecule has 3 heterocycles. The minimum absolute atomic E-state index is 0.0491. The summed E-state index contributed by atoms with van der Waals surface area (Å²) in [5.41, 5.74) is 1.45. The van der Waals surface area contributed by atoms with E-state index >= 15 is 0 Å². The molecule has 3 aromatic rings. The van der Waals surface area contributed by atoms with Crippen LogP contribution in [0.25, 0.3) is 5.52 Å². The normalized spacial score (nSPS) is 14.5. The van der Waals surface area contributed by atoms with E-state index in [-0.39, 0.29) is 11.7 Å². The van der Waals surface area contributed by atoms with Crippen molar-refractivity contribution in [3.05, 3.63) is 40.1 Å². The first kappa shape index (κ1) is 15.3. The number of rotatable bonds is 6. The highest BCUT2D eigenvalue weighted by Crippen LogP contribution is 2.41. The van der Waals surface area contributed by atoms with Gasteiger partial charge < -0.3 is 4.74 Å². The topological polar surface area (TPSA) is 69.4 Å². The second-order valence-electron chi connectivity index (χ2n) is 6.37. The number of hydrogen-bond acceptors (Lipinski definition) is 6. The first-order valence-electron chi connectivity index (χ1n) is 8.08. The summed E-state index contributed by atoms with van der Waals surface area (Å²) in [7, 11) is 0. The third-order valence-electron chi connectivity index (χ3n) is 4.05. The Morgan fingerprint density at radius 3 is 2.96 bits per heavy atom. The van der Waals surface area contributed by atoms with Crippen molar-refractivity contribution in [3.63, 3.8) is 0 Å². The van der Waals surface area contributed by atoms with Gasteiger partial charge in [0, 0.05) is 11.8 Å². The summed E-state index contributed by atoms with van der Waals surface area (Å²) in [5, 5.41) is 14.7. The number of carbonyl (C=O) groups is 1. The van der Waals surface area contributed by atoms with Crippen molar-refractivity contribution in [2.75, 3.05) is 0 Å². The molecule has 0 spiro atoms. The first-order chi connectivity index (χ1) is 11.6. The van der Waals surface area contributed by atoms with Crippen molar-refractivity contribution in [1.29, 1.82) is 0 Å². The van der Waals surface area contributed by atoms with Gasteiger partial charge in [-0.25, -0.2) is 4.52 Å². The molecule has 124 valence electrons. The van der Waals surface area contributed by atoms with E-state index in [0.717, 1.165) is 15.5 Å². The highest BCUT2D eigenvalue weighted by atomic mass is 32.1. The van der Waals surface area contributed by atoms with Crippen LogP contribution in [-0.4, -0.2) is 25.6 Å². The van der Waals surface area contributed by atoms with E-state index in [1.165, 1.54) is 12.8 Å². The van der Waals surface area contributed by atoms with Gasteiger partial charge in [-0.15, -0.1) is 10.2 Å². The van der Waals surface area contributed by atoms with Crippen molar-refractivity contribution in [2.24, 2.45) is 5.92 Å². The Hall–Kier alpha value is -2.28. The molecule has 1 aliphatic carbocycles. The number of Topliss-reactive ketones (excluding diaryl/α,β-unsaturated/α-hetero) is 1. The summed E-state index contributed by atoms with van der Waals surface area (Å²) in [5.74, 6) is 1.36. The highest BCUT2D eigenvalue weighted by molar-refractivity contribution is 7.11. The van der Waals surface area contributed by atoms with Gasteiger partial charge >= 0.3 is 0 Å². The summed E-state index contributed by atoms with van der Waals surface area (Å²) in [6.07, 6.45) is 5.86. The van der Waals surface area contributed by atoms with Gasteiger partial charge in [0.15, 0.2) is 10.8 Å². The van der Waals surface area contributed by atoms with Crippen LogP contribution in [0.4, 0.5) is 0 Å². The Labute approximate surface area is 143 Å². The van der Waals surface area contributed by atoms with Crippen molar-refractivity contribution < 1.29 is 9.53 Å². The molecule has 0 unspecified atom stereocenters. The summed E-state index contributed by atoms with van der Waals surface area (Å²) in [4.78, 5) is 12.2. The lowest BCUT2D eigenvalue weighted by molar-refractivity contribution is 0.0941. The molecule has 0 aliphatic heterocycles. The maximum atomic E-state index is 12.2. The molecule has 0 atom stereocenters. The zero-order chi connectivity index (χ0) is 16.7. The van der Waals surface area contributed by atoms with Crippen LogP contribution < -0.4 is 4.74 Å². The van der Waals surface area contributed by atoms with Gasteiger partial charge in [-0.1, -0.05) is 25.2 Å². The minimum Gasteiger partial charge on any atom is -0.485 e. The zero-order valence-corrected chi connectivity index (χ0v) is 14.4. The molecule has 0 radical (unpaired) electrons. The van der Waals surface area contributed by atoms with E-state index in [4.69, 9.17) is 4.74 Å². The van der Waals surface area contributed by atoms with E-state index < -0.39 is 0 Å². The van der Waals surface area contributed by atoms with Gasteiger partial charge in [0.05, 0.1) is 23.5 Å². The summed E-state index contributed by atoms with van der Waals surface area (Å²) in [6, 6.07) is 3.73. The summed E-state index contributed by atoms with van der Waals surface area (Å²) < 4.78 is 7.47. The van der Waals surface area contributed by atoms with Gasteiger partial charge in [-0.2, -0.15) is 5.10 Å². The number of ether oxygens (including phenoxy) is 1. The van der Waals surface area contributed by atoms with Gasteiger partial charge in [-0.3, -0.25) is 4.79 Å². The second kappa shape index (κ2) is 5.98. The molecule has 7 heteroatoms. The lowest BCUT2D eigenvalue weighted by Gasteiger charge is -2.05. The predicted octanol–water partition coefficient (Wildman–Crippen LogP) is 3.48. The van der Waals surface area contributed by atoms with Crippen LogP contribution in [0.15, 0.2) is 24.5 Å². The monoisotopic (exact) mass is 342 g/mol. The summed E-state index contributed by atoms with van der Waals surface area (Å²) in [6.45, 7) is 4.18. The van der Waals surface area contributed by atoms with Crippen LogP contribution in [0.3, 0.4) is 0 Å². The average Bonchev–Trinajstić information content (AvgIpc) is 3.18. The van der Waals surface area contributed by atoms with Crippen molar-refractivity contribution >= 4 is 22.6 Å². The molecule has 0 amide bonds. The predicted molar refractivity (Wildman–Crippen MR) is 90.6 cm³/mol. The van der Waals surface area contributed by atoms with Gasteiger partial charge in [-0.05, 0) is 25.0 Å². The number of carbonyl (C=O) groups excluding carboxylic acids is 1. The van der Waals surface area contributed by atoms with E-state index in [0.29, 0.717) is 23.8 Å². The van der Waals surface area contributed by atoms with E-state index in [1.54, 1.807) is 28.2 Å². The zero-order valence-electron chi connectivity index (χ0n) is 13.6. The van der Waals surface area contributed by atoms with Crippen molar-refractivity contribution in [2.45, 2.75) is 39.2 Å². The molecule has 3 aromatic heterocycles. The SMILES string of the molecule is CC(C)C(=O)c1cnn2cc(OCc3nnc(C4CC4)s3)ccc12. The maximum absolute atomic E-state index is 12.2. The van der Waals surface area contributed by atoms with Crippen molar-refractivity contribution in [1.82, 2.24) is 19.8 Å². The Morgan fingerprint density at radius 2 is 2.21 bits per heavy atom. The van der Waals surface area contributed by atoms with Crippen LogP contribution >= 0.6 is 11.3 Å². The number of fused-ring (bicyclic) bond motifs is 1. The third-order valence-corrected chi connectivity index (χ3v) is 5.11. The molecule has 0 saturated heterocycles. The molecule has 4 rings (SSSR count). The van der Waals surface area contributed by atoms with E-state index in [2.05, 4.69) is 15.3 Å². The second-order valence-corrected chi connectivity index (χ2v) is 7.46. The van der Waals surface area contributed by atoms with Gasteiger partial charge in [0.1, 0.15) is 17.4 Å². The minimum atomic E-state index is -0.0491. The fraction of sp³-hybridized carbons (Fsp3) is 0.412. The van der Waals surface area contributed by atoms with Crippen LogP contribution in [0, 0.1) is 5.92 Å². The molecule has 1 fully saturated rings. The van der Waals surface area contributed by atoms with Crippen LogP contribution in [0.5, 0.6) is 5.75 Å². The van der Waals surface area contributed by atoms with Crippen LogP contribution in [-0.2, 0) is 6.61 Å². The number of hydrogen-bond donors (Lipinski definition) is 0. The van der Waals surface area contributed by atoms with Crippen molar-refractivity contribution in [3.8, 4) is 5.75 Å². The number of nitrogens with zero attached hydrogens (tertiary/aromatic N) is 4. The number of ketones is 1. The van der Waals surface area contributed by atoms with Crippen LogP contribution in [0.2, 0.25) is 0 Å². The Kier molecular flexibility index (Phi) is 3.80. The molecular formula is C17H18N4O2S. The first-order valence-corrected chi connectivity index (χ1v) is 8.90. The number of aromatic nitrogens is 4. The van der Waals surface area contributed by atoms with Gasteiger partial charge in [0.2, 0.25) is 0 Å². The quantitative estimate of drug-likeness (QED) is 0.642. The molecule has 0 aromatic carbocycles. The molecular weight excluding hydrogens is 324 g/mol. The summed E-state index contributed by atoms with van der Waals surface area (Å²) >= 11 is 1.62. The maximum Gasteiger partial charge on any atom is 0.169 e. The largest absolute Gasteiger partial charge is 0.485 e. The Balaban J connectivity index is 1.49. The Morgan fingerprint density at radius 1 is 1.38 bits per heavy atom. The lowest BCUT2D eigenvalue weighted by atomic mass is 10.0. The average molecular weight is 342 g/mol. The molecule has 6 nitrogen and oxygen atoms in total. The fourth-order valence-corrected chi connectivity index (χ4v) is 3.44. The van der Waals surface area contributed by atoms with Gasteiger partial charge in [0.25, 0.3) is 0 Å². The highest BCUT2D eigenvalue weighted by Gasteiger charge is 2.27. The standard InChI is InChI=1S/C17H18N4O2S/c1-10(2)16(22)13-7-18-21-8-12(5-6-14(13)21)23-9-15-19-20-17(24-15)11-3-4-11/h5-8,10-11H,3-4,9H2,1-2H3. The molecule has 1 saturated carbocycles. The molecule has 0 N–H and O–H groups in total.